The van der Waals surface area contributed by atoms with E-state index in [0.29, 0.717) is 38.3 Å². The topological polar surface area (TPSA) is 71.4 Å². The van der Waals surface area contributed by atoms with E-state index in [1.165, 1.54) is 18.9 Å². The van der Waals surface area contributed by atoms with E-state index in [1.807, 2.05) is 53.3 Å². The van der Waals surface area contributed by atoms with Crippen LogP contribution in [0.25, 0.3) is 0 Å². The molecule has 1 aromatic carbocycles. The average Bonchev–Trinajstić information content (AvgIpc) is 3.20. The number of ether oxygens (including phenoxy) is 2. The van der Waals surface area contributed by atoms with Gasteiger partial charge in [-0.05, 0) is 29.9 Å². The Morgan fingerprint density at radius 3 is 2.68 bits per heavy atom. The zero-order valence-electron chi connectivity index (χ0n) is 18.1. The average molecular weight is 442 g/mol. The van der Waals surface area contributed by atoms with Crippen LogP contribution >= 0.6 is 11.8 Å². The van der Waals surface area contributed by atoms with E-state index in [2.05, 4.69) is 0 Å². The van der Waals surface area contributed by atoms with Crippen molar-refractivity contribution in [1.29, 1.82) is 0 Å². The number of carbonyl (C=O) groups is 2. The molecule has 1 amide bonds. The zero-order valence-corrected chi connectivity index (χ0v) is 18.9. The summed E-state index contributed by atoms with van der Waals surface area (Å²) in [5.74, 6) is -0.325. The third-order valence-electron chi connectivity index (χ3n) is 5.81. The van der Waals surface area contributed by atoms with Gasteiger partial charge in [0.25, 0.3) is 0 Å². The first kappa shape index (κ1) is 21.6. The van der Waals surface area contributed by atoms with Crippen LogP contribution in [0.15, 0.2) is 51.6 Å². The van der Waals surface area contributed by atoms with Crippen molar-refractivity contribution < 1.29 is 19.1 Å². The Balaban J connectivity index is 1.73. The summed E-state index contributed by atoms with van der Waals surface area (Å²) < 4.78 is 10.5. The van der Waals surface area contributed by atoms with E-state index in [9.17, 15) is 9.59 Å². The minimum Gasteiger partial charge on any atom is -0.466 e. The Morgan fingerprint density at radius 2 is 2.00 bits per heavy atom. The fraction of sp³-hybridized carbons (Fsp3) is 0.435. The second-order valence-electron chi connectivity index (χ2n) is 7.63. The quantitative estimate of drug-likeness (QED) is 0.653. The molecule has 31 heavy (non-hydrogen) atoms. The number of morpholine rings is 1. The Labute approximate surface area is 186 Å². The third kappa shape index (κ3) is 4.14. The summed E-state index contributed by atoms with van der Waals surface area (Å²) in [4.78, 5) is 34.5. The standard InChI is InChI=1S/C23H27N3O4S/c1-4-18-20(22(28)29-3)21(17-8-6-5-7-15(17)2)26-16(14-31-23(26)24-18)13-19(27)25-9-11-30-12-10-25/h5-8,14,21H,4,9-13H2,1-3H3/t21-/m1/s1. The number of fused-ring (bicyclic) bond motifs is 1. The van der Waals surface area contributed by atoms with Crippen LogP contribution in [0.3, 0.4) is 0 Å². The van der Waals surface area contributed by atoms with Gasteiger partial charge in [-0.2, -0.15) is 0 Å². The fourth-order valence-corrected chi connectivity index (χ4v) is 5.12. The Hall–Kier alpha value is -2.58. The second-order valence-corrected chi connectivity index (χ2v) is 8.46. The van der Waals surface area contributed by atoms with E-state index < -0.39 is 0 Å². The summed E-state index contributed by atoms with van der Waals surface area (Å²) in [6.07, 6.45) is 0.872. The highest BCUT2D eigenvalue weighted by molar-refractivity contribution is 8.16. The summed E-state index contributed by atoms with van der Waals surface area (Å²) >= 11 is 1.50. The highest BCUT2D eigenvalue weighted by atomic mass is 32.2. The van der Waals surface area contributed by atoms with Gasteiger partial charge in [-0.15, -0.1) is 0 Å². The van der Waals surface area contributed by atoms with Crippen LogP contribution in [0.1, 0.15) is 36.9 Å². The lowest BCUT2D eigenvalue weighted by atomic mass is 9.90. The van der Waals surface area contributed by atoms with Crippen LogP contribution in [-0.4, -0.2) is 60.3 Å². The van der Waals surface area contributed by atoms with Gasteiger partial charge in [-0.1, -0.05) is 43.0 Å². The number of methoxy groups -OCH3 is 1. The van der Waals surface area contributed by atoms with Gasteiger partial charge >= 0.3 is 5.97 Å². The van der Waals surface area contributed by atoms with Crippen LogP contribution in [0.2, 0.25) is 0 Å². The maximum atomic E-state index is 13.0. The number of nitrogens with zero attached hydrogens (tertiary/aromatic N) is 3. The van der Waals surface area contributed by atoms with Gasteiger partial charge in [0.15, 0.2) is 5.17 Å². The van der Waals surface area contributed by atoms with E-state index >= 15 is 0 Å². The Kier molecular flexibility index (Phi) is 6.48. The van der Waals surface area contributed by atoms with Crippen molar-refractivity contribution in [2.75, 3.05) is 33.4 Å². The van der Waals surface area contributed by atoms with Crippen molar-refractivity contribution in [1.82, 2.24) is 9.80 Å². The molecule has 164 valence electrons. The molecule has 0 bridgehead atoms. The van der Waals surface area contributed by atoms with Gasteiger partial charge in [-0.3, -0.25) is 4.79 Å². The molecule has 1 fully saturated rings. The highest BCUT2D eigenvalue weighted by Crippen LogP contribution is 2.46. The van der Waals surface area contributed by atoms with Crippen molar-refractivity contribution in [2.45, 2.75) is 32.7 Å². The summed E-state index contributed by atoms with van der Waals surface area (Å²) in [7, 11) is 1.40. The molecule has 4 rings (SSSR count). The number of aryl methyl sites for hydroxylation is 1. The van der Waals surface area contributed by atoms with Crippen LogP contribution in [-0.2, 0) is 19.1 Å². The largest absolute Gasteiger partial charge is 0.466 e. The van der Waals surface area contributed by atoms with Crippen LogP contribution < -0.4 is 0 Å². The number of amides is 1. The van der Waals surface area contributed by atoms with Gasteiger partial charge in [0.2, 0.25) is 5.91 Å². The maximum Gasteiger partial charge on any atom is 0.338 e. The number of hydrogen-bond donors (Lipinski definition) is 0. The molecule has 0 radical (unpaired) electrons. The zero-order chi connectivity index (χ0) is 22.0. The van der Waals surface area contributed by atoms with Crippen molar-refractivity contribution >= 4 is 28.8 Å². The number of aliphatic imine (C=N–C) groups is 1. The SMILES string of the molecule is CCC1=C(C(=O)OC)[C@@H](c2ccccc2C)N2C(CC(=O)N3CCOCC3)=CSC2=N1. The Morgan fingerprint density at radius 1 is 1.26 bits per heavy atom. The third-order valence-corrected chi connectivity index (χ3v) is 6.70. The van der Waals surface area contributed by atoms with Crippen molar-refractivity contribution in [3.8, 4) is 0 Å². The molecule has 3 heterocycles. The molecule has 0 saturated carbocycles. The molecule has 8 heteroatoms. The van der Waals surface area contributed by atoms with Crippen LogP contribution in [0.5, 0.6) is 0 Å². The molecular weight excluding hydrogens is 414 g/mol. The molecule has 1 saturated heterocycles. The number of rotatable bonds is 5. The van der Waals surface area contributed by atoms with Crippen molar-refractivity contribution in [3.63, 3.8) is 0 Å². The van der Waals surface area contributed by atoms with E-state index in [4.69, 9.17) is 14.5 Å². The predicted octanol–water partition coefficient (Wildman–Crippen LogP) is 3.38. The molecule has 0 spiro atoms. The second kappa shape index (κ2) is 9.28. The molecule has 0 unspecified atom stereocenters. The van der Waals surface area contributed by atoms with Crippen molar-refractivity contribution in [2.24, 2.45) is 4.99 Å². The predicted molar refractivity (Wildman–Crippen MR) is 120 cm³/mol. The molecule has 7 nitrogen and oxygen atoms in total. The number of thioether (sulfide) groups is 1. The lowest BCUT2D eigenvalue weighted by Gasteiger charge is -2.37. The Bertz CT molecular complexity index is 979. The molecule has 1 aromatic rings. The summed E-state index contributed by atoms with van der Waals surface area (Å²) in [5.41, 5.74) is 4.20. The lowest BCUT2D eigenvalue weighted by Crippen LogP contribution is -2.42. The summed E-state index contributed by atoms with van der Waals surface area (Å²) in [6.45, 7) is 6.37. The monoisotopic (exact) mass is 441 g/mol. The van der Waals surface area contributed by atoms with Crippen LogP contribution in [0.4, 0.5) is 0 Å². The van der Waals surface area contributed by atoms with Gasteiger partial charge < -0.3 is 19.3 Å². The first-order valence-electron chi connectivity index (χ1n) is 10.5. The minimum atomic E-state index is -0.386. The smallest absolute Gasteiger partial charge is 0.338 e. The fourth-order valence-electron chi connectivity index (χ4n) is 4.18. The van der Waals surface area contributed by atoms with Crippen LogP contribution in [0, 0.1) is 6.92 Å². The molecular formula is C23H27N3O4S. The van der Waals surface area contributed by atoms with Gasteiger partial charge in [-0.25, -0.2) is 9.79 Å². The summed E-state index contributed by atoms with van der Waals surface area (Å²) in [6, 6.07) is 7.64. The minimum absolute atomic E-state index is 0.0600. The molecule has 3 aliphatic heterocycles. The molecule has 1 atom stereocenters. The van der Waals surface area contributed by atoms with E-state index in [-0.39, 0.29) is 24.3 Å². The highest BCUT2D eigenvalue weighted by Gasteiger charge is 2.42. The first-order valence-corrected chi connectivity index (χ1v) is 11.4. The van der Waals surface area contributed by atoms with E-state index in [0.717, 1.165) is 27.7 Å². The summed E-state index contributed by atoms with van der Waals surface area (Å²) in [5, 5.41) is 2.78. The van der Waals surface area contributed by atoms with Crippen molar-refractivity contribution in [3.05, 3.63) is 57.8 Å². The number of allylic oxidation sites excluding steroid dienone is 1. The van der Waals surface area contributed by atoms with Gasteiger partial charge in [0.05, 0.1) is 44.1 Å². The number of amidine groups is 1. The van der Waals surface area contributed by atoms with Gasteiger partial charge in [0.1, 0.15) is 0 Å². The number of carbonyl (C=O) groups excluding carboxylic acids is 2. The number of benzene rings is 1. The van der Waals surface area contributed by atoms with Gasteiger partial charge in [0, 0.05) is 18.8 Å². The molecule has 0 N–H and O–H groups in total. The molecule has 0 aromatic heterocycles. The lowest BCUT2D eigenvalue weighted by molar-refractivity contribution is -0.136. The molecule has 3 aliphatic rings. The maximum absolute atomic E-state index is 13.0. The van der Waals surface area contributed by atoms with E-state index in [1.54, 1.807) is 0 Å². The first-order chi connectivity index (χ1) is 15.0. The molecule has 0 aliphatic carbocycles. The normalized spacial score (nSPS) is 20.9. The number of hydrogen-bond acceptors (Lipinski definition) is 7. The number of esters is 1.